The molecule has 86 valence electrons. The summed E-state index contributed by atoms with van der Waals surface area (Å²) in [6.45, 7) is 1.63. The van der Waals surface area contributed by atoms with Crippen molar-refractivity contribution >= 4 is 43.8 Å². The average molecular weight is 349 g/mol. The average Bonchev–Trinajstić information content (AvgIpc) is 2.43. The van der Waals surface area contributed by atoms with E-state index in [1.54, 1.807) is 0 Å². The topological polar surface area (TPSA) is 29.5 Å². The summed E-state index contributed by atoms with van der Waals surface area (Å²) in [6.07, 6.45) is 1.80. The van der Waals surface area contributed by atoms with Gasteiger partial charge >= 0.3 is 0 Å². The first-order valence-corrected chi connectivity index (χ1v) is 6.55. The molecule has 0 bridgehead atoms. The maximum atomic E-state index is 11.0. The summed E-state index contributed by atoms with van der Waals surface area (Å²) in [6, 6.07) is 1.93. The Balaban J connectivity index is 2.63. The third-order valence-corrected chi connectivity index (χ3v) is 4.05. The van der Waals surface area contributed by atoms with Crippen molar-refractivity contribution in [3.63, 3.8) is 0 Å². The van der Waals surface area contributed by atoms with Crippen molar-refractivity contribution in [2.45, 2.75) is 6.42 Å². The third kappa shape index (κ3) is 1.98. The monoisotopic (exact) mass is 347 g/mol. The number of halogens is 2. The van der Waals surface area contributed by atoms with E-state index in [0.717, 1.165) is 39.6 Å². The fourth-order valence-electron chi connectivity index (χ4n) is 1.73. The molecule has 3 nitrogen and oxygen atoms in total. The van der Waals surface area contributed by atoms with Crippen LogP contribution in [0, 0.1) is 0 Å². The van der Waals surface area contributed by atoms with Crippen LogP contribution in [-0.4, -0.2) is 26.5 Å². The molecule has 0 aromatic heterocycles. The molecule has 0 N–H and O–H groups in total. The van der Waals surface area contributed by atoms with Crippen LogP contribution in [0.2, 0.25) is 0 Å². The van der Waals surface area contributed by atoms with Crippen molar-refractivity contribution < 1.29 is 9.53 Å². The van der Waals surface area contributed by atoms with Gasteiger partial charge in [-0.15, -0.1) is 0 Å². The van der Waals surface area contributed by atoms with Crippen LogP contribution in [0.4, 0.5) is 5.69 Å². The quantitative estimate of drug-likeness (QED) is 0.730. The number of nitrogens with zero attached hydrogens (tertiary/aromatic N) is 1. The van der Waals surface area contributed by atoms with Crippen LogP contribution in [0.5, 0.6) is 5.75 Å². The minimum atomic E-state index is 0.592. The minimum absolute atomic E-state index is 0.592. The van der Waals surface area contributed by atoms with Gasteiger partial charge in [-0.3, -0.25) is 4.79 Å². The summed E-state index contributed by atoms with van der Waals surface area (Å²) in [7, 11) is 2.02. The zero-order valence-electron chi connectivity index (χ0n) is 8.80. The summed E-state index contributed by atoms with van der Waals surface area (Å²) < 4.78 is 7.18. The first-order valence-electron chi connectivity index (χ1n) is 4.96. The van der Waals surface area contributed by atoms with Gasteiger partial charge < -0.3 is 9.64 Å². The Morgan fingerprint density at radius 2 is 2.25 bits per heavy atom. The second kappa shape index (κ2) is 4.75. The van der Waals surface area contributed by atoms with Crippen LogP contribution in [0.25, 0.3) is 0 Å². The highest BCUT2D eigenvalue weighted by molar-refractivity contribution is 9.11. The molecule has 0 amide bonds. The van der Waals surface area contributed by atoms with Gasteiger partial charge in [0, 0.05) is 23.6 Å². The van der Waals surface area contributed by atoms with Crippen molar-refractivity contribution in [2.24, 2.45) is 0 Å². The number of hydrogen-bond acceptors (Lipinski definition) is 3. The Morgan fingerprint density at radius 3 is 2.94 bits per heavy atom. The van der Waals surface area contributed by atoms with E-state index >= 15 is 0 Å². The zero-order valence-corrected chi connectivity index (χ0v) is 12.0. The number of ether oxygens (including phenoxy) is 1. The van der Waals surface area contributed by atoms with Crippen molar-refractivity contribution in [2.75, 3.05) is 25.1 Å². The van der Waals surface area contributed by atoms with E-state index < -0.39 is 0 Å². The second-order valence-electron chi connectivity index (χ2n) is 3.68. The van der Waals surface area contributed by atoms with E-state index in [9.17, 15) is 4.79 Å². The van der Waals surface area contributed by atoms with Crippen LogP contribution in [0.3, 0.4) is 0 Å². The number of carbonyl (C=O) groups excluding carboxylic acids is 1. The number of benzene rings is 1. The summed E-state index contributed by atoms with van der Waals surface area (Å²) in [5.41, 5.74) is 1.59. The van der Waals surface area contributed by atoms with E-state index in [2.05, 4.69) is 36.8 Å². The predicted molar refractivity (Wildman–Crippen MR) is 70.6 cm³/mol. The molecule has 1 aromatic carbocycles. The van der Waals surface area contributed by atoms with E-state index in [4.69, 9.17) is 4.74 Å². The van der Waals surface area contributed by atoms with Gasteiger partial charge in [0.25, 0.3) is 0 Å². The van der Waals surface area contributed by atoms with E-state index in [0.29, 0.717) is 12.2 Å². The van der Waals surface area contributed by atoms with Gasteiger partial charge in [0.15, 0.2) is 12.0 Å². The smallest absolute Gasteiger partial charge is 0.157 e. The molecule has 0 spiro atoms. The molecular weight excluding hydrogens is 338 g/mol. The lowest BCUT2D eigenvalue weighted by Gasteiger charge is -2.20. The number of hydrogen-bond donors (Lipinski definition) is 0. The number of carbonyl (C=O) groups is 1. The first kappa shape index (κ1) is 11.9. The molecule has 0 atom stereocenters. The predicted octanol–water partition coefficient (Wildman–Crippen LogP) is 3.24. The lowest BCUT2D eigenvalue weighted by molar-refractivity contribution is 0.112. The fraction of sp³-hybridized carbons (Fsp3) is 0.364. The number of fused-ring (bicyclic) bond motifs is 1. The fourth-order valence-corrected chi connectivity index (χ4v) is 3.13. The Labute approximate surface area is 111 Å². The van der Waals surface area contributed by atoms with E-state index in [1.807, 2.05) is 13.1 Å². The molecule has 0 unspecified atom stereocenters. The maximum Gasteiger partial charge on any atom is 0.157 e. The molecule has 1 aromatic rings. The van der Waals surface area contributed by atoms with Crippen molar-refractivity contribution in [3.05, 3.63) is 20.6 Å². The van der Waals surface area contributed by atoms with Gasteiger partial charge in [-0.25, -0.2) is 0 Å². The lowest BCUT2D eigenvalue weighted by atomic mass is 10.2. The molecule has 5 heteroatoms. The molecule has 1 aliphatic rings. The third-order valence-electron chi connectivity index (χ3n) is 2.60. The summed E-state index contributed by atoms with van der Waals surface area (Å²) in [4.78, 5) is 13.1. The second-order valence-corrected chi connectivity index (χ2v) is 5.32. The van der Waals surface area contributed by atoms with Crippen LogP contribution < -0.4 is 9.64 Å². The molecule has 0 saturated heterocycles. The van der Waals surface area contributed by atoms with Gasteiger partial charge in [0.1, 0.15) is 0 Å². The Kier molecular flexibility index (Phi) is 3.54. The zero-order chi connectivity index (χ0) is 11.7. The van der Waals surface area contributed by atoms with Crippen molar-refractivity contribution in [1.82, 2.24) is 0 Å². The van der Waals surface area contributed by atoms with Crippen LogP contribution >= 0.6 is 31.9 Å². The molecular formula is C11H11Br2NO2. The van der Waals surface area contributed by atoms with Crippen molar-refractivity contribution in [3.8, 4) is 5.75 Å². The SMILES string of the molecule is CN1CCCOc2c1cc(Br)c(C=O)c2Br. The van der Waals surface area contributed by atoms with Gasteiger partial charge in [-0.2, -0.15) is 0 Å². The molecule has 0 radical (unpaired) electrons. The largest absolute Gasteiger partial charge is 0.490 e. The normalized spacial score (nSPS) is 15.1. The molecule has 2 rings (SSSR count). The maximum absolute atomic E-state index is 11.0. The minimum Gasteiger partial charge on any atom is -0.490 e. The standard InChI is InChI=1S/C11H11Br2NO2/c1-14-3-2-4-16-11-9(14)5-8(12)7(6-15)10(11)13/h5-6H,2-4H2,1H3. The van der Waals surface area contributed by atoms with E-state index in [-0.39, 0.29) is 0 Å². The Hall–Kier alpha value is -0.550. The van der Waals surface area contributed by atoms with Gasteiger partial charge in [0.2, 0.25) is 0 Å². The number of anilines is 1. The Bertz CT molecular complexity index is 434. The lowest BCUT2D eigenvalue weighted by Crippen LogP contribution is -2.17. The highest BCUT2D eigenvalue weighted by atomic mass is 79.9. The highest BCUT2D eigenvalue weighted by Crippen LogP contribution is 2.42. The highest BCUT2D eigenvalue weighted by Gasteiger charge is 2.20. The van der Waals surface area contributed by atoms with Gasteiger partial charge in [-0.1, -0.05) is 0 Å². The number of rotatable bonds is 1. The summed E-state index contributed by atoms with van der Waals surface area (Å²) in [5.74, 6) is 0.755. The first-order chi connectivity index (χ1) is 7.65. The van der Waals surface area contributed by atoms with Gasteiger partial charge in [-0.05, 0) is 44.3 Å². The van der Waals surface area contributed by atoms with Crippen molar-refractivity contribution in [1.29, 1.82) is 0 Å². The molecule has 16 heavy (non-hydrogen) atoms. The summed E-state index contributed by atoms with van der Waals surface area (Å²) >= 11 is 6.82. The molecule has 0 saturated carbocycles. The molecule has 1 heterocycles. The molecule has 1 aliphatic heterocycles. The number of aldehydes is 1. The summed E-state index contributed by atoms with van der Waals surface area (Å²) in [5, 5.41) is 0. The van der Waals surface area contributed by atoms with Crippen LogP contribution in [-0.2, 0) is 0 Å². The van der Waals surface area contributed by atoms with Crippen LogP contribution in [0.1, 0.15) is 16.8 Å². The molecule has 0 aliphatic carbocycles. The Morgan fingerprint density at radius 1 is 1.50 bits per heavy atom. The van der Waals surface area contributed by atoms with Gasteiger partial charge in [0.05, 0.1) is 16.8 Å². The van der Waals surface area contributed by atoms with E-state index in [1.165, 1.54) is 0 Å². The molecule has 0 fully saturated rings. The van der Waals surface area contributed by atoms with Crippen LogP contribution in [0.15, 0.2) is 15.0 Å².